The molecule has 1 nitrogen and oxygen atoms in total. The van der Waals surface area contributed by atoms with Gasteiger partial charge < -0.3 is 5.32 Å². The first-order valence-corrected chi connectivity index (χ1v) is 6.40. The van der Waals surface area contributed by atoms with Gasteiger partial charge in [0.1, 0.15) is 0 Å². The maximum Gasteiger partial charge on any atom is 0.0340 e. The first-order valence-electron chi connectivity index (χ1n) is 6.40. The van der Waals surface area contributed by atoms with Gasteiger partial charge in [-0.2, -0.15) is 0 Å². The van der Waals surface area contributed by atoms with E-state index in [1.807, 2.05) is 20.9 Å². The molecular weight excluding hydrogens is 194 g/mol. The molecule has 0 aromatic heterocycles. The summed E-state index contributed by atoms with van der Waals surface area (Å²) in [7, 11) is 1.96. The molecule has 0 atom stereocenters. The van der Waals surface area contributed by atoms with Crippen molar-refractivity contribution in [1.82, 2.24) is 0 Å². The molecule has 0 amide bonds. The van der Waals surface area contributed by atoms with Gasteiger partial charge in [-0.1, -0.05) is 33.8 Å². The zero-order valence-corrected chi connectivity index (χ0v) is 11.7. The summed E-state index contributed by atoms with van der Waals surface area (Å²) in [5.41, 5.74) is 4.09. The summed E-state index contributed by atoms with van der Waals surface area (Å²) in [4.78, 5) is 0. The molecule has 1 aromatic carbocycles. The molecule has 0 bridgehead atoms. The Morgan fingerprint density at radius 2 is 1.81 bits per heavy atom. The van der Waals surface area contributed by atoms with Gasteiger partial charge in [-0.25, -0.2) is 0 Å². The normalized spacial score (nSPS) is 9.69. The molecule has 1 N–H and O–H groups in total. The first-order chi connectivity index (χ1) is 7.63. The van der Waals surface area contributed by atoms with Crippen LogP contribution in [0.3, 0.4) is 0 Å². The third kappa shape index (κ3) is 5.20. The number of nitrogens with one attached hydrogen (secondary N) is 1. The van der Waals surface area contributed by atoms with E-state index >= 15 is 0 Å². The summed E-state index contributed by atoms with van der Waals surface area (Å²) in [6, 6.07) is 6.61. The summed E-state index contributed by atoms with van der Waals surface area (Å²) < 4.78 is 0. The lowest BCUT2D eigenvalue weighted by Gasteiger charge is -2.09. The number of rotatable bonds is 4. The van der Waals surface area contributed by atoms with Gasteiger partial charge in [0.2, 0.25) is 0 Å². The van der Waals surface area contributed by atoms with Crippen molar-refractivity contribution in [2.75, 3.05) is 12.4 Å². The Kier molecular flexibility index (Phi) is 7.70. The molecular formula is C15H27N. The second-order valence-electron chi connectivity index (χ2n) is 4.32. The summed E-state index contributed by atoms with van der Waals surface area (Å²) >= 11 is 0. The second kappa shape index (κ2) is 8.20. The van der Waals surface area contributed by atoms with Gasteiger partial charge >= 0.3 is 0 Å². The van der Waals surface area contributed by atoms with Crippen LogP contribution in [0.2, 0.25) is 0 Å². The van der Waals surface area contributed by atoms with Gasteiger partial charge in [0.15, 0.2) is 0 Å². The molecule has 0 heterocycles. The lowest BCUT2D eigenvalue weighted by atomic mass is 9.99. The highest BCUT2D eigenvalue weighted by atomic mass is 14.8. The maximum absolute atomic E-state index is 3.16. The summed E-state index contributed by atoms with van der Waals surface area (Å²) in [6.07, 6.45) is 2.48. The van der Waals surface area contributed by atoms with Crippen LogP contribution in [0.5, 0.6) is 0 Å². The Balaban J connectivity index is 0.00000106. The molecule has 1 heteroatoms. The topological polar surface area (TPSA) is 12.0 Å². The van der Waals surface area contributed by atoms with E-state index in [-0.39, 0.29) is 0 Å². The fourth-order valence-corrected chi connectivity index (χ4v) is 1.58. The minimum atomic E-state index is 0.790. The van der Waals surface area contributed by atoms with Crippen LogP contribution in [0.1, 0.15) is 45.2 Å². The Morgan fingerprint density at radius 3 is 2.25 bits per heavy atom. The van der Waals surface area contributed by atoms with Crippen molar-refractivity contribution in [2.45, 2.75) is 47.5 Å². The van der Waals surface area contributed by atoms with E-state index in [1.54, 1.807) is 0 Å². The van der Waals surface area contributed by atoms with Crippen molar-refractivity contribution in [2.24, 2.45) is 5.92 Å². The van der Waals surface area contributed by atoms with E-state index in [9.17, 15) is 0 Å². The summed E-state index contributed by atoms with van der Waals surface area (Å²) in [5.74, 6) is 0.790. The zero-order valence-electron chi connectivity index (χ0n) is 11.7. The molecule has 0 saturated heterocycles. The standard InChI is InChI=1S/C13H21N.C2H6/c1-10(2)5-6-12-7-8-13(14-4)9-11(12)3;1-2/h7-10,14H,5-6H2,1-4H3;1-2H3. The van der Waals surface area contributed by atoms with Gasteiger partial charge in [0.05, 0.1) is 0 Å². The van der Waals surface area contributed by atoms with Gasteiger partial charge in [0.25, 0.3) is 0 Å². The van der Waals surface area contributed by atoms with Crippen molar-refractivity contribution in [1.29, 1.82) is 0 Å². The molecule has 0 saturated carbocycles. The minimum Gasteiger partial charge on any atom is -0.388 e. The zero-order chi connectivity index (χ0) is 12.6. The van der Waals surface area contributed by atoms with Gasteiger partial charge in [-0.05, 0) is 48.9 Å². The molecule has 16 heavy (non-hydrogen) atoms. The fourth-order valence-electron chi connectivity index (χ4n) is 1.58. The molecule has 0 spiro atoms. The van der Waals surface area contributed by atoms with E-state index in [1.165, 1.54) is 29.7 Å². The predicted octanol–water partition coefficient (Wildman–Crippen LogP) is 4.65. The third-order valence-electron chi connectivity index (χ3n) is 2.62. The van der Waals surface area contributed by atoms with Crippen LogP contribution in [0.15, 0.2) is 18.2 Å². The van der Waals surface area contributed by atoms with Crippen molar-refractivity contribution in [3.8, 4) is 0 Å². The first kappa shape index (κ1) is 15.0. The molecule has 0 unspecified atom stereocenters. The quantitative estimate of drug-likeness (QED) is 0.780. The van der Waals surface area contributed by atoms with Crippen molar-refractivity contribution < 1.29 is 0 Å². The van der Waals surface area contributed by atoms with Gasteiger partial charge in [-0.15, -0.1) is 0 Å². The van der Waals surface area contributed by atoms with Crippen molar-refractivity contribution in [3.05, 3.63) is 29.3 Å². The van der Waals surface area contributed by atoms with Gasteiger partial charge in [0, 0.05) is 12.7 Å². The van der Waals surface area contributed by atoms with Gasteiger partial charge in [-0.3, -0.25) is 0 Å². The number of hydrogen-bond donors (Lipinski definition) is 1. The summed E-state index contributed by atoms with van der Waals surface area (Å²) in [6.45, 7) is 10.7. The van der Waals surface area contributed by atoms with Crippen LogP contribution in [-0.2, 0) is 6.42 Å². The van der Waals surface area contributed by atoms with E-state index < -0.39 is 0 Å². The summed E-state index contributed by atoms with van der Waals surface area (Å²) in [5, 5.41) is 3.16. The lowest BCUT2D eigenvalue weighted by molar-refractivity contribution is 0.586. The Labute approximate surface area is 101 Å². The van der Waals surface area contributed by atoms with Crippen LogP contribution in [-0.4, -0.2) is 7.05 Å². The van der Waals surface area contributed by atoms with Crippen LogP contribution in [0, 0.1) is 12.8 Å². The average Bonchev–Trinajstić information content (AvgIpc) is 2.29. The van der Waals surface area contributed by atoms with Crippen molar-refractivity contribution in [3.63, 3.8) is 0 Å². The Hall–Kier alpha value is -0.980. The SMILES string of the molecule is CC.CNc1ccc(CCC(C)C)c(C)c1. The third-order valence-corrected chi connectivity index (χ3v) is 2.62. The maximum atomic E-state index is 3.16. The Bertz CT molecular complexity index is 289. The fraction of sp³-hybridized carbons (Fsp3) is 0.600. The number of benzene rings is 1. The number of anilines is 1. The van der Waals surface area contributed by atoms with E-state index in [4.69, 9.17) is 0 Å². The van der Waals surface area contributed by atoms with Crippen LogP contribution in [0.25, 0.3) is 0 Å². The van der Waals surface area contributed by atoms with Crippen molar-refractivity contribution >= 4 is 5.69 Å². The molecule has 0 aliphatic carbocycles. The van der Waals surface area contributed by atoms with E-state index in [0.29, 0.717) is 0 Å². The molecule has 1 aromatic rings. The van der Waals surface area contributed by atoms with E-state index in [2.05, 4.69) is 44.3 Å². The highest BCUT2D eigenvalue weighted by molar-refractivity contribution is 5.47. The highest BCUT2D eigenvalue weighted by Crippen LogP contribution is 2.17. The smallest absolute Gasteiger partial charge is 0.0340 e. The number of hydrogen-bond acceptors (Lipinski definition) is 1. The minimum absolute atomic E-state index is 0.790. The van der Waals surface area contributed by atoms with Crippen LogP contribution >= 0.6 is 0 Å². The molecule has 0 fully saturated rings. The lowest BCUT2D eigenvalue weighted by Crippen LogP contribution is -1.96. The predicted molar refractivity (Wildman–Crippen MR) is 75.2 cm³/mol. The molecule has 92 valence electrons. The molecule has 1 rings (SSSR count). The molecule has 0 aliphatic heterocycles. The Morgan fingerprint density at radius 1 is 1.19 bits per heavy atom. The second-order valence-corrected chi connectivity index (χ2v) is 4.32. The molecule has 0 aliphatic rings. The largest absolute Gasteiger partial charge is 0.388 e. The van der Waals surface area contributed by atoms with Crippen LogP contribution < -0.4 is 5.32 Å². The number of aryl methyl sites for hydroxylation is 2. The highest BCUT2D eigenvalue weighted by Gasteiger charge is 2.01. The van der Waals surface area contributed by atoms with E-state index in [0.717, 1.165) is 5.92 Å². The monoisotopic (exact) mass is 221 g/mol. The molecule has 0 radical (unpaired) electrons. The average molecular weight is 221 g/mol. The van der Waals surface area contributed by atoms with Crippen LogP contribution in [0.4, 0.5) is 5.69 Å².